The first kappa shape index (κ1) is 19.8. The van der Waals surface area contributed by atoms with Crippen molar-refractivity contribution in [3.63, 3.8) is 0 Å². The van der Waals surface area contributed by atoms with Crippen LogP contribution in [0.5, 0.6) is 0 Å². The highest BCUT2D eigenvalue weighted by molar-refractivity contribution is 7.90. The topological polar surface area (TPSA) is 112 Å². The van der Waals surface area contributed by atoms with Crippen LogP contribution in [0.15, 0.2) is 69.3 Å². The minimum absolute atomic E-state index is 0.000246. The normalized spacial score (nSPS) is 13.2. The summed E-state index contributed by atoms with van der Waals surface area (Å²) < 4.78 is 54.4. The molecule has 0 saturated heterocycles. The van der Waals surface area contributed by atoms with Gasteiger partial charge in [0.2, 0.25) is 14.8 Å². The monoisotopic (exact) mass is 443 g/mol. The van der Waals surface area contributed by atoms with E-state index in [2.05, 4.69) is 11.0 Å². The Balaban J connectivity index is 2.26. The molecule has 1 aromatic heterocycles. The molecule has 0 aliphatic carbocycles. The van der Waals surface area contributed by atoms with Crippen LogP contribution < -0.4 is 9.94 Å². The number of aromatic nitrogens is 1. The van der Waals surface area contributed by atoms with Crippen LogP contribution in [-0.2, 0) is 26.6 Å². The molecule has 0 amide bonds. The van der Waals surface area contributed by atoms with Crippen LogP contribution in [0, 0.1) is 0 Å². The van der Waals surface area contributed by atoms with Gasteiger partial charge in [-0.05, 0) is 42.5 Å². The van der Waals surface area contributed by atoms with Gasteiger partial charge in [-0.25, -0.2) is 13.6 Å². The maximum atomic E-state index is 12.6. The number of sulfonamides is 2. The minimum atomic E-state index is -3.98. The number of nitrogens with zero attached hydrogens (tertiary/aromatic N) is 2. The van der Waals surface area contributed by atoms with Crippen molar-refractivity contribution in [3.05, 3.63) is 64.9 Å². The summed E-state index contributed by atoms with van der Waals surface area (Å²) in [6.45, 7) is 3.96. The van der Waals surface area contributed by atoms with Crippen molar-refractivity contribution in [3.8, 4) is 0 Å². The molecule has 142 valence electrons. The summed E-state index contributed by atoms with van der Waals surface area (Å²) in [6, 6.07) is 9.97. The fourth-order valence-corrected chi connectivity index (χ4v) is 5.39. The summed E-state index contributed by atoms with van der Waals surface area (Å²) in [6.07, 6.45) is 1.59. The van der Waals surface area contributed by atoms with E-state index in [0.29, 0.717) is 21.8 Å². The van der Waals surface area contributed by atoms with Crippen LogP contribution in [0.4, 0.5) is 0 Å². The maximum absolute atomic E-state index is 12.6. The van der Waals surface area contributed by atoms with E-state index in [-0.39, 0.29) is 14.6 Å². The fraction of sp³-hybridized carbons (Fsp3) is 0.0625. The number of fused-ring (bicyclic) bond motifs is 1. The van der Waals surface area contributed by atoms with Gasteiger partial charge >= 0.3 is 0 Å². The standard InChI is InChI=1S/C16H14ClN3O4S3/c1-2-9-20-14-8-7-13(26(18,21)22)10-15(14)25-16(20)19-27(23,24)12-5-3-11(17)4-6-12/h2-8,10H,1,9H2,(H2,18,21,22). The van der Waals surface area contributed by atoms with Crippen molar-refractivity contribution in [1.29, 1.82) is 0 Å². The predicted molar refractivity (Wildman–Crippen MR) is 106 cm³/mol. The van der Waals surface area contributed by atoms with Gasteiger partial charge in [-0.3, -0.25) is 0 Å². The fourth-order valence-electron chi connectivity index (χ4n) is 2.37. The van der Waals surface area contributed by atoms with Gasteiger partial charge in [-0.1, -0.05) is 29.0 Å². The molecular weight excluding hydrogens is 430 g/mol. The first-order valence-corrected chi connectivity index (χ1v) is 11.6. The molecule has 7 nitrogen and oxygen atoms in total. The maximum Gasteiger partial charge on any atom is 0.285 e. The van der Waals surface area contributed by atoms with Crippen LogP contribution in [-0.4, -0.2) is 21.4 Å². The molecule has 2 aromatic carbocycles. The number of rotatable bonds is 5. The molecule has 2 N–H and O–H groups in total. The molecule has 0 unspecified atom stereocenters. The second-order valence-electron chi connectivity index (χ2n) is 5.48. The second kappa shape index (κ2) is 7.21. The zero-order valence-corrected chi connectivity index (χ0v) is 16.9. The molecule has 0 radical (unpaired) electrons. The number of hydrogen-bond donors (Lipinski definition) is 1. The second-order valence-corrected chi connectivity index (χ2v) is 10.1. The summed E-state index contributed by atoms with van der Waals surface area (Å²) in [5, 5.41) is 5.58. The van der Waals surface area contributed by atoms with Crippen LogP contribution in [0.2, 0.25) is 5.02 Å². The molecule has 3 aromatic rings. The molecule has 11 heteroatoms. The number of primary sulfonamides is 1. The van der Waals surface area contributed by atoms with E-state index in [1.54, 1.807) is 16.7 Å². The third kappa shape index (κ3) is 4.14. The lowest BCUT2D eigenvalue weighted by atomic mass is 10.3. The van der Waals surface area contributed by atoms with Gasteiger partial charge in [-0.15, -0.1) is 11.0 Å². The largest absolute Gasteiger partial charge is 0.312 e. The lowest BCUT2D eigenvalue weighted by Gasteiger charge is -2.03. The molecule has 1 heterocycles. The van der Waals surface area contributed by atoms with Crippen molar-refractivity contribution in [2.75, 3.05) is 0 Å². The van der Waals surface area contributed by atoms with Gasteiger partial charge in [0, 0.05) is 11.6 Å². The van der Waals surface area contributed by atoms with Crippen LogP contribution in [0.3, 0.4) is 0 Å². The van der Waals surface area contributed by atoms with Gasteiger partial charge < -0.3 is 4.57 Å². The zero-order chi connectivity index (χ0) is 19.8. The lowest BCUT2D eigenvalue weighted by molar-refractivity contribution is 0.595. The van der Waals surface area contributed by atoms with Gasteiger partial charge in [-0.2, -0.15) is 8.42 Å². The van der Waals surface area contributed by atoms with E-state index >= 15 is 0 Å². The highest BCUT2D eigenvalue weighted by atomic mass is 35.5. The molecule has 0 fully saturated rings. The Bertz CT molecular complexity index is 1310. The third-order valence-electron chi connectivity index (χ3n) is 3.60. The van der Waals surface area contributed by atoms with E-state index in [4.69, 9.17) is 16.7 Å². The molecule has 27 heavy (non-hydrogen) atoms. The number of halogens is 1. The average molecular weight is 444 g/mol. The quantitative estimate of drug-likeness (QED) is 0.610. The number of nitrogens with two attached hydrogens (primary N) is 1. The molecule has 3 rings (SSSR count). The summed E-state index contributed by atoms with van der Waals surface area (Å²) in [7, 11) is -7.85. The Morgan fingerprint density at radius 1 is 1.11 bits per heavy atom. The molecular formula is C16H14ClN3O4S3. The first-order chi connectivity index (χ1) is 12.6. The van der Waals surface area contributed by atoms with E-state index in [0.717, 1.165) is 11.3 Å². The first-order valence-electron chi connectivity index (χ1n) is 7.45. The highest BCUT2D eigenvalue weighted by Crippen LogP contribution is 2.22. The number of hydrogen-bond acceptors (Lipinski definition) is 5. The van der Waals surface area contributed by atoms with Crippen LogP contribution in [0.1, 0.15) is 0 Å². The minimum Gasteiger partial charge on any atom is -0.312 e. The van der Waals surface area contributed by atoms with Crippen LogP contribution in [0.25, 0.3) is 10.2 Å². The average Bonchev–Trinajstić information content (AvgIpc) is 2.91. The molecule has 0 aliphatic heterocycles. The Morgan fingerprint density at radius 3 is 2.33 bits per heavy atom. The highest BCUT2D eigenvalue weighted by Gasteiger charge is 2.16. The van der Waals surface area contributed by atoms with Gasteiger partial charge in [0.15, 0.2) is 0 Å². The van der Waals surface area contributed by atoms with Crippen molar-refractivity contribution in [2.45, 2.75) is 16.3 Å². The summed E-state index contributed by atoms with van der Waals surface area (Å²) in [4.78, 5) is 0.125. The summed E-state index contributed by atoms with van der Waals surface area (Å²) >= 11 is 6.84. The van der Waals surface area contributed by atoms with Crippen LogP contribution >= 0.6 is 22.9 Å². The Kier molecular flexibility index (Phi) is 5.28. The Labute approximate surface area is 165 Å². The Morgan fingerprint density at radius 2 is 1.74 bits per heavy atom. The molecule has 0 aliphatic rings. The van der Waals surface area contributed by atoms with E-state index in [9.17, 15) is 16.8 Å². The van der Waals surface area contributed by atoms with E-state index in [1.807, 2.05) is 0 Å². The lowest BCUT2D eigenvalue weighted by Crippen LogP contribution is -2.16. The van der Waals surface area contributed by atoms with Gasteiger partial charge in [0.25, 0.3) is 10.0 Å². The van der Waals surface area contributed by atoms with E-state index in [1.165, 1.54) is 36.4 Å². The number of benzene rings is 2. The predicted octanol–water partition coefficient (Wildman–Crippen LogP) is 2.48. The Hall–Kier alpha value is -1.98. The van der Waals surface area contributed by atoms with E-state index < -0.39 is 20.0 Å². The van der Waals surface area contributed by atoms with Crippen molar-refractivity contribution < 1.29 is 16.8 Å². The van der Waals surface area contributed by atoms with Gasteiger partial charge in [0.05, 0.1) is 20.0 Å². The molecule has 0 saturated carbocycles. The molecule has 0 bridgehead atoms. The molecule has 0 atom stereocenters. The molecule has 0 spiro atoms. The number of allylic oxidation sites excluding steroid dienone is 1. The summed E-state index contributed by atoms with van der Waals surface area (Å²) in [5.74, 6) is 0. The SMILES string of the molecule is C=CCn1c(=NS(=O)(=O)c2ccc(Cl)cc2)sc2cc(S(N)(=O)=O)ccc21. The smallest absolute Gasteiger partial charge is 0.285 e. The van der Waals surface area contributed by atoms with Gasteiger partial charge in [0.1, 0.15) is 0 Å². The van der Waals surface area contributed by atoms with Crippen molar-refractivity contribution in [1.82, 2.24) is 4.57 Å². The third-order valence-corrected chi connectivity index (χ3v) is 7.21. The number of thiazole rings is 1. The summed E-state index contributed by atoms with van der Waals surface area (Å²) in [5.41, 5.74) is 0.623. The zero-order valence-electron chi connectivity index (χ0n) is 13.7. The van der Waals surface area contributed by atoms with Crippen molar-refractivity contribution in [2.24, 2.45) is 9.54 Å². The van der Waals surface area contributed by atoms with Crippen molar-refractivity contribution >= 4 is 53.2 Å².